The van der Waals surface area contributed by atoms with Crippen molar-refractivity contribution in [2.24, 2.45) is 0 Å². The third-order valence-corrected chi connectivity index (χ3v) is 1.30. The summed E-state index contributed by atoms with van der Waals surface area (Å²) in [6, 6.07) is 0.885. The molecule has 0 unspecified atom stereocenters. The lowest BCUT2D eigenvalue weighted by Crippen LogP contribution is -2.04. The van der Waals surface area contributed by atoms with Crippen LogP contribution in [0.25, 0.3) is 0 Å². The fourth-order valence-electron chi connectivity index (χ4n) is 0.755. The Morgan fingerprint density at radius 1 is 1.50 bits per heavy atom. The fraction of sp³-hybridized carbons (Fsp3) is 0.500. The van der Waals surface area contributed by atoms with Crippen molar-refractivity contribution in [3.63, 3.8) is 0 Å². The predicted octanol–water partition coefficient (Wildman–Crippen LogP) is 0.963. The minimum Gasteiger partial charge on any atom is -0.396 e. The van der Waals surface area contributed by atoms with E-state index in [0.29, 0.717) is 0 Å². The van der Waals surface area contributed by atoms with Gasteiger partial charge < -0.3 is 5.11 Å². The number of halogens is 3. The predicted molar refractivity (Wildman–Crippen MR) is 34.4 cm³/mol. The number of rotatable bonds is 2. The molecule has 0 saturated carbocycles. The minimum atomic E-state index is -4.41. The Morgan fingerprint density at radius 3 is 2.58 bits per heavy atom. The van der Waals surface area contributed by atoms with Gasteiger partial charge in [-0.2, -0.15) is 18.3 Å². The first-order valence-electron chi connectivity index (χ1n) is 3.26. The summed E-state index contributed by atoms with van der Waals surface area (Å²) in [5.74, 6) is 0. The first-order valence-corrected chi connectivity index (χ1v) is 3.26. The molecule has 68 valence electrons. The van der Waals surface area contributed by atoms with E-state index >= 15 is 0 Å². The van der Waals surface area contributed by atoms with Crippen LogP contribution in [-0.2, 0) is 12.6 Å². The largest absolute Gasteiger partial charge is 0.435 e. The number of aliphatic hydroxyl groups excluding tert-OH is 1. The molecule has 1 rings (SSSR count). The van der Waals surface area contributed by atoms with Gasteiger partial charge in [-0.15, -0.1) is 0 Å². The molecule has 0 aliphatic heterocycles. The summed E-state index contributed by atoms with van der Waals surface area (Å²) in [5, 5.41) is 13.6. The van der Waals surface area contributed by atoms with E-state index in [1.807, 2.05) is 0 Å². The summed E-state index contributed by atoms with van der Waals surface area (Å²) in [7, 11) is 0. The molecule has 0 spiro atoms. The van der Waals surface area contributed by atoms with Gasteiger partial charge in [-0.25, -0.2) is 0 Å². The van der Waals surface area contributed by atoms with Gasteiger partial charge in [0.25, 0.3) is 0 Å². The molecule has 0 aliphatic rings. The van der Waals surface area contributed by atoms with Crippen molar-refractivity contribution in [3.8, 4) is 0 Å². The molecule has 0 atom stereocenters. The second kappa shape index (κ2) is 3.14. The van der Waals surface area contributed by atoms with Crippen LogP contribution in [0, 0.1) is 0 Å². The van der Waals surface area contributed by atoms with E-state index in [1.165, 1.54) is 0 Å². The van der Waals surface area contributed by atoms with Crippen molar-refractivity contribution >= 4 is 0 Å². The van der Waals surface area contributed by atoms with Gasteiger partial charge in [0.15, 0.2) is 5.69 Å². The highest BCUT2D eigenvalue weighted by Gasteiger charge is 2.33. The summed E-state index contributed by atoms with van der Waals surface area (Å²) >= 11 is 0. The third kappa shape index (κ3) is 1.97. The average molecular weight is 180 g/mol. The Labute approximate surface area is 66.2 Å². The number of hydrogen-bond donors (Lipinski definition) is 2. The van der Waals surface area contributed by atoms with E-state index in [1.54, 1.807) is 0 Å². The van der Waals surface area contributed by atoms with Gasteiger partial charge in [-0.1, -0.05) is 0 Å². The van der Waals surface area contributed by atoms with Crippen LogP contribution in [0.5, 0.6) is 0 Å². The van der Waals surface area contributed by atoms with Crippen LogP contribution < -0.4 is 0 Å². The molecule has 2 N–H and O–H groups in total. The number of alkyl halides is 3. The smallest absolute Gasteiger partial charge is 0.396 e. The van der Waals surface area contributed by atoms with Gasteiger partial charge in [-0.3, -0.25) is 5.10 Å². The quantitative estimate of drug-likeness (QED) is 0.712. The van der Waals surface area contributed by atoms with Crippen molar-refractivity contribution in [2.75, 3.05) is 6.61 Å². The van der Waals surface area contributed by atoms with Gasteiger partial charge in [0, 0.05) is 18.7 Å². The van der Waals surface area contributed by atoms with Crippen LogP contribution in [0.4, 0.5) is 13.2 Å². The van der Waals surface area contributed by atoms with Gasteiger partial charge in [0.1, 0.15) is 0 Å². The van der Waals surface area contributed by atoms with E-state index < -0.39 is 11.9 Å². The van der Waals surface area contributed by atoms with Crippen LogP contribution in [0.3, 0.4) is 0 Å². The first kappa shape index (κ1) is 9.05. The molecule has 0 saturated heterocycles. The number of nitrogens with zero attached hydrogens (tertiary/aromatic N) is 1. The SMILES string of the molecule is OCCc1cc(C(F)(F)F)n[nH]1. The highest BCUT2D eigenvalue weighted by molar-refractivity contribution is 5.11. The lowest BCUT2D eigenvalue weighted by atomic mass is 10.3. The highest BCUT2D eigenvalue weighted by atomic mass is 19.4. The van der Waals surface area contributed by atoms with Gasteiger partial charge in [0.2, 0.25) is 0 Å². The first-order chi connectivity index (χ1) is 5.54. The van der Waals surface area contributed by atoms with Crippen LogP contribution in [0.2, 0.25) is 0 Å². The summed E-state index contributed by atoms with van der Waals surface area (Å²) in [6.07, 6.45) is -4.26. The average Bonchev–Trinajstić information content (AvgIpc) is 2.35. The second-order valence-electron chi connectivity index (χ2n) is 2.25. The zero-order chi connectivity index (χ0) is 9.19. The lowest BCUT2D eigenvalue weighted by Gasteiger charge is -1.98. The van der Waals surface area contributed by atoms with Crippen molar-refractivity contribution in [3.05, 3.63) is 17.5 Å². The molecule has 1 heterocycles. The van der Waals surface area contributed by atoms with Crippen molar-refractivity contribution in [2.45, 2.75) is 12.6 Å². The molecule has 0 amide bonds. The molecule has 0 aromatic carbocycles. The maximum atomic E-state index is 11.9. The summed E-state index contributed by atoms with van der Waals surface area (Å²) < 4.78 is 35.7. The van der Waals surface area contributed by atoms with Crippen LogP contribution >= 0.6 is 0 Å². The Morgan fingerprint density at radius 2 is 2.17 bits per heavy atom. The molecule has 6 heteroatoms. The number of aliphatic hydroxyl groups is 1. The monoisotopic (exact) mass is 180 g/mol. The summed E-state index contributed by atoms with van der Waals surface area (Å²) in [5.41, 5.74) is -0.671. The number of aromatic amines is 1. The molecular weight excluding hydrogens is 173 g/mol. The zero-order valence-corrected chi connectivity index (χ0v) is 6.02. The van der Waals surface area contributed by atoms with Crippen LogP contribution in [0.1, 0.15) is 11.4 Å². The number of aromatic nitrogens is 2. The summed E-state index contributed by atoms with van der Waals surface area (Å²) in [6.45, 7) is -0.195. The van der Waals surface area contributed by atoms with E-state index in [9.17, 15) is 13.2 Å². The second-order valence-corrected chi connectivity index (χ2v) is 2.25. The maximum Gasteiger partial charge on any atom is 0.435 e. The molecule has 12 heavy (non-hydrogen) atoms. The van der Waals surface area contributed by atoms with E-state index in [2.05, 4.69) is 10.2 Å². The number of hydrogen-bond acceptors (Lipinski definition) is 2. The van der Waals surface area contributed by atoms with Crippen LogP contribution in [-0.4, -0.2) is 21.9 Å². The van der Waals surface area contributed by atoms with Crippen molar-refractivity contribution in [1.82, 2.24) is 10.2 Å². The van der Waals surface area contributed by atoms with Gasteiger partial charge in [-0.05, 0) is 6.07 Å². The normalized spacial score (nSPS) is 12.0. The Hall–Kier alpha value is -1.04. The standard InChI is InChI=1S/C6H7F3N2O/c7-6(8,9)5-3-4(1-2-12)10-11-5/h3,12H,1-2H2,(H,10,11). The molecule has 0 fully saturated rings. The molecule has 1 aromatic heterocycles. The van der Waals surface area contributed by atoms with E-state index in [0.717, 1.165) is 6.07 Å². The van der Waals surface area contributed by atoms with E-state index in [-0.39, 0.29) is 18.7 Å². The van der Waals surface area contributed by atoms with Gasteiger partial charge in [0.05, 0.1) is 0 Å². The third-order valence-electron chi connectivity index (χ3n) is 1.30. The zero-order valence-electron chi connectivity index (χ0n) is 6.02. The Kier molecular flexibility index (Phi) is 2.37. The number of H-pyrrole nitrogens is 1. The molecular formula is C6H7F3N2O. The minimum absolute atomic E-state index is 0.156. The molecule has 3 nitrogen and oxygen atoms in total. The van der Waals surface area contributed by atoms with Crippen LogP contribution in [0.15, 0.2) is 6.07 Å². The highest BCUT2D eigenvalue weighted by Crippen LogP contribution is 2.27. The van der Waals surface area contributed by atoms with Gasteiger partial charge >= 0.3 is 6.18 Å². The molecule has 0 radical (unpaired) electrons. The molecule has 0 bridgehead atoms. The maximum absolute atomic E-state index is 11.9. The topological polar surface area (TPSA) is 48.9 Å². The van der Waals surface area contributed by atoms with Crippen molar-refractivity contribution < 1.29 is 18.3 Å². The molecule has 0 aliphatic carbocycles. The summed E-state index contributed by atoms with van der Waals surface area (Å²) in [4.78, 5) is 0. The molecule has 1 aromatic rings. The fourth-order valence-corrected chi connectivity index (χ4v) is 0.755. The van der Waals surface area contributed by atoms with Crippen molar-refractivity contribution in [1.29, 1.82) is 0 Å². The lowest BCUT2D eigenvalue weighted by molar-refractivity contribution is -0.141. The van der Waals surface area contributed by atoms with E-state index in [4.69, 9.17) is 5.11 Å². The Bertz CT molecular complexity index is 256. The number of nitrogens with one attached hydrogen (secondary N) is 1. The Balaban J connectivity index is 2.77.